The molecule has 22 heavy (non-hydrogen) atoms. The van der Waals surface area contributed by atoms with Crippen LogP contribution in [-0.4, -0.2) is 19.8 Å². The smallest absolute Gasteiger partial charge is 0.338 e. The van der Waals surface area contributed by atoms with E-state index in [1.807, 2.05) is 0 Å². The fourth-order valence-electron chi connectivity index (χ4n) is 1.49. The third-order valence-electron chi connectivity index (χ3n) is 2.49. The van der Waals surface area contributed by atoms with Crippen molar-refractivity contribution in [2.45, 2.75) is 0 Å². The monoisotopic (exact) mass is 306 g/mol. The summed E-state index contributed by atoms with van der Waals surface area (Å²) in [6, 6.07) is 5.46. The largest absolute Gasteiger partial charge is 0.434 e. The summed E-state index contributed by atoms with van der Waals surface area (Å²) >= 11 is 0. The second kappa shape index (κ2) is 5.78. The number of nitro benzene ring substituents is 1. The third-order valence-corrected chi connectivity index (χ3v) is 2.49. The number of nitrogens with zero attached hydrogens (tertiary/aromatic N) is 4. The molecule has 0 fully saturated rings. The van der Waals surface area contributed by atoms with Gasteiger partial charge in [-0.05, 0) is 12.1 Å². The molecule has 11 heteroatoms. The number of non-ortho nitro benzene ring substituents is 1. The van der Waals surface area contributed by atoms with Gasteiger partial charge in [0.1, 0.15) is 18.0 Å². The predicted molar refractivity (Wildman–Crippen MR) is 70.7 cm³/mol. The number of aromatic nitrogens is 1. The molecule has 0 unspecified atom stereocenters. The van der Waals surface area contributed by atoms with Crippen molar-refractivity contribution in [1.82, 2.24) is 4.98 Å². The molecule has 0 aliphatic heterocycles. The Kier molecular flexibility index (Phi) is 3.88. The van der Waals surface area contributed by atoms with Gasteiger partial charge in [-0.3, -0.25) is 30.3 Å². The van der Waals surface area contributed by atoms with Gasteiger partial charge in [0.15, 0.2) is 0 Å². The lowest BCUT2D eigenvalue weighted by Gasteiger charge is -2.04. The maximum Gasteiger partial charge on any atom is 0.338 e. The minimum atomic E-state index is -0.874. The number of nitro groups is 3. The van der Waals surface area contributed by atoms with Crippen LogP contribution in [0.2, 0.25) is 0 Å². The average Bonchev–Trinajstić information content (AvgIpc) is 2.47. The molecule has 112 valence electrons. The second-order valence-corrected chi connectivity index (χ2v) is 3.89. The van der Waals surface area contributed by atoms with Crippen molar-refractivity contribution >= 4 is 17.1 Å². The summed E-state index contributed by atoms with van der Waals surface area (Å²) in [5.41, 5.74) is -1.42. The van der Waals surface area contributed by atoms with Crippen molar-refractivity contribution < 1.29 is 19.5 Å². The van der Waals surface area contributed by atoms with Crippen LogP contribution in [0.5, 0.6) is 11.6 Å². The van der Waals surface area contributed by atoms with E-state index >= 15 is 0 Å². The Balaban J connectivity index is 2.34. The lowest BCUT2D eigenvalue weighted by atomic mass is 10.3. The van der Waals surface area contributed by atoms with E-state index in [-0.39, 0.29) is 11.4 Å². The summed E-state index contributed by atoms with van der Waals surface area (Å²) < 4.78 is 5.14. The maximum absolute atomic E-state index is 10.9. The first-order chi connectivity index (χ1) is 10.4. The lowest BCUT2D eigenvalue weighted by molar-refractivity contribution is -0.395. The van der Waals surface area contributed by atoms with Crippen LogP contribution in [0.25, 0.3) is 0 Å². The molecule has 1 aromatic carbocycles. The minimum absolute atomic E-state index is 0.0649. The van der Waals surface area contributed by atoms with Crippen LogP contribution in [0.1, 0.15) is 0 Å². The summed E-state index contributed by atoms with van der Waals surface area (Å²) in [5.74, 6) is -0.389. The Labute approximate surface area is 121 Å². The first kappa shape index (κ1) is 14.8. The molecule has 0 saturated carbocycles. The highest BCUT2D eigenvalue weighted by Gasteiger charge is 2.23. The van der Waals surface area contributed by atoms with Crippen LogP contribution >= 0.6 is 0 Å². The van der Waals surface area contributed by atoms with Gasteiger partial charge in [0.05, 0.1) is 14.8 Å². The first-order valence-electron chi connectivity index (χ1n) is 5.59. The molecule has 1 aromatic heterocycles. The third kappa shape index (κ3) is 3.09. The van der Waals surface area contributed by atoms with Crippen LogP contribution in [-0.2, 0) is 0 Å². The summed E-state index contributed by atoms with van der Waals surface area (Å²) in [5, 5.41) is 32.0. The zero-order valence-electron chi connectivity index (χ0n) is 10.6. The van der Waals surface area contributed by atoms with Gasteiger partial charge in [0.2, 0.25) is 0 Å². The molecule has 0 amide bonds. The van der Waals surface area contributed by atoms with E-state index in [1.165, 1.54) is 12.1 Å². The van der Waals surface area contributed by atoms with Crippen LogP contribution in [0.15, 0.2) is 36.5 Å². The van der Waals surface area contributed by atoms with E-state index in [1.54, 1.807) is 0 Å². The zero-order valence-corrected chi connectivity index (χ0v) is 10.6. The van der Waals surface area contributed by atoms with Crippen molar-refractivity contribution in [3.05, 3.63) is 66.9 Å². The van der Waals surface area contributed by atoms with Crippen molar-refractivity contribution in [3.8, 4) is 11.6 Å². The van der Waals surface area contributed by atoms with Crippen LogP contribution in [0.3, 0.4) is 0 Å². The molecule has 2 aromatic rings. The van der Waals surface area contributed by atoms with E-state index in [2.05, 4.69) is 4.98 Å². The molecule has 0 radical (unpaired) electrons. The number of hydrogen-bond acceptors (Lipinski definition) is 8. The molecule has 11 nitrogen and oxygen atoms in total. The SMILES string of the molecule is O=[N+]([O-])c1ccc(Oc2ncc([N+](=O)[O-])cc2[N+](=O)[O-])cc1. The molecule has 0 aliphatic carbocycles. The van der Waals surface area contributed by atoms with Crippen LogP contribution < -0.4 is 4.74 Å². The summed E-state index contributed by atoms with van der Waals surface area (Å²) in [7, 11) is 0. The molecule has 0 saturated heterocycles. The Morgan fingerprint density at radius 1 is 0.864 bits per heavy atom. The average molecular weight is 306 g/mol. The molecular weight excluding hydrogens is 300 g/mol. The van der Waals surface area contributed by atoms with Gasteiger partial charge in [0, 0.05) is 12.1 Å². The molecule has 0 aliphatic rings. The Hall–Kier alpha value is -3.63. The maximum atomic E-state index is 10.9. The summed E-state index contributed by atoms with van der Waals surface area (Å²) in [6.07, 6.45) is 0.813. The first-order valence-corrected chi connectivity index (χ1v) is 5.59. The van der Waals surface area contributed by atoms with E-state index in [9.17, 15) is 30.3 Å². The lowest BCUT2D eigenvalue weighted by Crippen LogP contribution is -1.98. The highest BCUT2D eigenvalue weighted by Crippen LogP contribution is 2.32. The van der Waals surface area contributed by atoms with Crippen molar-refractivity contribution in [1.29, 1.82) is 0 Å². The topological polar surface area (TPSA) is 152 Å². The van der Waals surface area contributed by atoms with Crippen molar-refractivity contribution in [3.63, 3.8) is 0 Å². The Bertz CT molecular complexity index is 760. The van der Waals surface area contributed by atoms with Gasteiger partial charge in [-0.15, -0.1) is 0 Å². The van der Waals surface area contributed by atoms with Crippen LogP contribution in [0, 0.1) is 30.3 Å². The van der Waals surface area contributed by atoms with E-state index in [4.69, 9.17) is 4.74 Å². The Morgan fingerprint density at radius 2 is 1.45 bits per heavy atom. The van der Waals surface area contributed by atoms with Crippen molar-refractivity contribution in [2.75, 3.05) is 0 Å². The van der Waals surface area contributed by atoms with E-state index in [0.29, 0.717) is 6.07 Å². The number of rotatable bonds is 5. The van der Waals surface area contributed by atoms with Gasteiger partial charge >= 0.3 is 5.69 Å². The molecule has 0 spiro atoms. The van der Waals surface area contributed by atoms with Gasteiger partial charge in [0.25, 0.3) is 17.3 Å². The second-order valence-electron chi connectivity index (χ2n) is 3.89. The normalized spacial score (nSPS) is 10.0. The number of hydrogen-bond donors (Lipinski definition) is 0. The molecule has 1 heterocycles. The van der Waals surface area contributed by atoms with Gasteiger partial charge in [-0.1, -0.05) is 0 Å². The molecular formula is C11H6N4O7. The van der Waals surface area contributed by atoms with E-state index < -0.39 is 32.0 Å². The number of benzene rings is 1. The number of pyridine rings is 1. The Morgan fingerprint density at radius 3 is 1.95 bits per heavy atom. The minimum Gasteiger partial charge on any atom is -0.434 e. The zero-order chi connectivity index (χ0) is 16.3. The van der Waals surface area contributed by atoms with Crippen LogP contribution in [0.4, 0.5) is 17.1 Å². The van der Waals surface area contributed by atoms with Gasteiger partial charge in [-0.25, -0.2) is 4.98 Å². The predicted octanol–water partition coefficient (Wildman–Crippen LogP) is 2.60. The molecule has 0 bridgehead atoms. The van der Waals surface area contributed by atoms with E-state index in [0.717, 1.165) is 18.3 Å². The fourth-order valence-corrected chi connectivity index (χ4v) is 1.49. The molecule has 0 atom stereocenters. The highest BCUT2D eigenvalue weighted by atomic mass is 16.6. The standard InChI is InChI=1S/C11H6N4O7/c16-13(17)7-1-3-9(4-2-7)22-11-10(15(20)21)5-8(6-12-11)14(18)19/h1-6H. The van der Waals surface area contributed by atoms with Gasteiger partial charge in [-0.2, -0.15) is 0 Å². The highest BCUT2D eigenvalue weighted by molar-refractivity contribution is 5.50. The van der Waals surface area contributed by atoms with Crippen molar-refractivity contribution in [2.24, 2.45) is 0 Å². The quantitative estimate of drug-likeness (QED) is 0.603. The number of ether oxygens (including phenoxy) is 1. The fraction of sp³-hybridized carbons (Fsp3) is 0. The summed E-state index contributed by atoms with van der Waals surface area (Å²) in [6.45, 7) is 0. The van der Waals surface area contributed by atoms with Gasteiger partial charge < -0.3 is 4.74 Å². The molecule has 0 N–H and O–H groups in total. The molecule has 2 rings (SSSR count). The summed E-state index contributed by atoms with van der Waals surface area (Å²) in [4.78, 5) is 33.2.